The second-order valence-electron chi connectivity index (χ2n) is 9.61. The molecule has 2 heterocycles. The molecule has 0 unspecified atom stereocenters. The van der Waals surface area contributed by atoms with Crippen LogP contribution < -0.4 is 15.7 Å². The van der Waals surface area contributed by atoms with Crippen molar-refractivity contribution in [1.82, 2.24) is 10.2 Å². The van der Waals surface area contributed by atoms with Gasteiger partial charge in [0.25, 0.3) is 0 Å². The number of piperazine rings is 1. The fourth-order valence-corrected chi connectivity index (χ4v) is 5.00. The number of ketones is 1. The Morgan fingerprint density at radius 3 is 2.59 bits per heavy atom. The van der Waals surface area contributed by atoms with Gasteiger partial charge in [0.05, 0.1) is 5.41 Å². The van der Waals surface area contributed by atoms with Crippen molar-refractivity contribution in [3.05, 3.63) is 62.8 Å². The third kappa shape index (κ3) is 4.34. The van der Waals surface area contributed by atoms with Gasteiger partial charge in [-0.1, -0.05) is 13.0 Å². The molecule has 1 N–H and O–H groups in total. The van der Waals surface area contributed by atoms with E-state index < -0.39 is 5.41 Å². The van der Waals surface area contributed by atoms with Gasteiger partial charge in [0.15, 0.2) is 5.78 Å². The standard InChI is InChI=1S/C27H33FN2O4/c1-16-13-27(17(2)12-22(16)28,15-30-10-8-29-9-11-30)24(31)14-33-23-7-6-21-18(3)19(4)26(32)34-25(21)20(23)5/h6-7,12-13,17,29H,8-11,14-15H2,1-5H3/t17-,27+/m1/s1. The van der Waals surface area contributed by atoms with Gasteiger partial charge in [-0.25, -0.2) is 9.18 Å². The van der Waals surface area contributed by atoms with Crippen LogP contribution >= 0.6 is 0 Å². The van der Waals surface area contributed by atoms with Gasteiger partial charge in [0.2, 0.25) is 0 Å². The van der Waals surface area contributed by atoms with E-state index in [1.165, 1.54) is 0 Å². The number of fused-ring (bicyclic) bond motifs is 1. The van der Waals surface area contributed by atoms with Gasteiger partial charge in [0, 0.05) is 49.2 Å². The summed E-state index contributed by atoms with van der Waals surface area (Å²) in [6, 6.07) is 3.67. The molecule has 2 aliphatic rings. The Bertz CT molecular complexity index is 1240. The second-order valence-corrected chi connectivity index (χ2v) is 9.61. The van der Waals surface area contributed by atoms with Gasteiger partial charge in [-0.15, -0.1) is 0 Å². The van der Waals surface area contributed by atoms with Gasteiger partial charge in [-0.05, 0) is 63.0 Å². The van der Waals surface area contributed by atoms with Gasteiger partial charge in [-0.2, -0.15) is 0 Å². The maximum Gasteiger partial charge on any atom is 0.339 e. The van der Waals surface area contributed by atoms with Gasteiger partial charge in [-0.3, -0.25) is 9.69 Å². The Hall–Kier alpha value is -2.77. The highest BCUT2D eigenvalue weighted by Crippen LogP contribution is 2.41. The maximum atomic E-state index is 14.3. The van der Waals surface area contributed by atoms with E-state index in [-0.39, 0.29) is 29.8 Å². The molecule has 0 radical (unpaired) electrons. The number of aryl methyl sites for hydroxylation is 2. The average Bonchev–Trinajstić information content (AvgIpc) is 2.81. The largest absolute Gasteiger partial charge is 0.485 e. The van der Waals surface area contributed by atoms with Crippen molar-refractivity contribution in [3.8, 4) is 5.75 Å². The van der Waals surface area contributed by atoms with Crippen LogP contribution in [0.5, 0.6) is 5.75 Å². The summed E-state index contributed by atoms with van der Waals surface area (Å²) in [5.41, 5.74) is 1.84. The molecule has 182 valence electrons. The van der Waals surface area contributed by atoms with Gasteiger partial charge >= 0.3 is 5.63 Å². The summed E-state index contributed by atoms with van der Waals surface area (Å²) in [5, 5.41) is 4.18. The van der Waals surface area contributed by atoms with Crippen LogP contribution in [0.25, 0.3) is 11.0 Å². The molecule has 1 aromatic heterocycles. The number of allylic oxidation sites excluding steroid dienone is 3. The number of Topliss-reactive ketones (excluding diaryl/α,β-unsaturated/α-hetero) is 1. The Morgan fingerprint density at radius 1 is 1.18 bits per heavy atom. The molecule has 2 atom stereocenters. The third-order valence-corrected chi connectivity index (χ3v) is 7.46. The maximum absolute atomic E-state index is 14.3. The first kappa shape index (κ1) is 24.4. The zero-order chi connectivity index (χ0) is 24.6. The van der Waals surface area contributed by atoms with Crippen LogP contribution in [0.15, 0.2) is 44.9 Å². The molecule has 0 spiro atoms. The van der Waals surface area contributed by atoms with Crippen molar-refractivity contribution < 1.29 is 18.3 Å². The van der Waals surface area contributed by atoms with Crippen LogP contribution in [0.4, 0.5) is 4.39 Å². The zero-order valence-electron chi connectivity index (χ0n) is 20.6. The monoisotopic (exact) mass is 468 g/mol. The quantitative estimate of drug-likeness (QED) is 0.646. The number of rotatable bonds is 6. The molecule has 34 heavy (non-hydrogen) atoms. The van der Waals surface area contributed by atoms with Gasteiger partial charge < -0.3 is 14.5 Å². The molecule has 1 saturated heterocycles. The lowest BCUT2D eigenvalue weighted by molar-refractivity contribution is -0.131. The van der Waals surface area contributed by atoms with Gasteiger partial charge in [0.1, 0.15) is 23.8 Å². The Balaban J connectivity index is 1.62. The normalized spacial score (nSPS) is 23.5. The first-order valence-electron chi connectivity index (χ1n) is 11.8. The molecule has 2 aromatic rings. The van der Waals surface area contributed by atoms with E-state index in [0.717, 1.165) is 37.1 Å². The van der Waals surface area contributed by atoms with Crippen LogP contribution in [-0.4, -0.2) is 50.0 Å². The number of hydrogen-bond donors (Lipinski definition) is 1. The minimum atomic E-state index is -0.873. The molecular formula is C27H33FN2O4. The zero-order valence-corrected chi connectivity index (χ0v) is 20.6. The van der Waals surface area contributed by atoms with E-state index in [0.29, 0.717) is 34.6 Å². The lowest BCUT2D eigenvalue weighted by Crippen LogP contribution is -2.53. The minimum absolute atomic E-state index is 0.0948. The molecule has 0 bridgehead atoms. The minimum Gasteiger partial charge on any atom is -0.485 e. The second kappa shape index (κ2) is 9.47. The summed E-state index contributed by atoms with van der Waals surface area (Å²) >= 11 is 0. The SMILES string of the molecule is CC1=C[C@@](CN2CCNCC2)(C(=O)COc2ccc3c(C)c(C)c(=O)oc3c2C)[C@H](C)C=C1F. The van der Waals surface area contributed by atoms with Crippen molar-refractivity contribution in [2.75, 3.05) is 39.3 Å². The van der Waals surface area contributed by atoms with Crippen molar-refractivity contribution in [2.45, 2.75) is 34.6 Å². The molecule has 1 aromatic carbocycles. The van der Waals surface area contributed by atoms with Crippen LogP contribution in [0.3, 0.4) is 0 Å². The summed E-state index contributed by atoms with van der Waals surface area (Å²) < 4.78 is 25.9. The summed E-state index contributed by atoms with van der Waals surface area (Å²) in [5.74, 6) is -0.176. The van der Waals surface area contributed by atoms with E-state index in [9.17, 15) is 14.0 Å². The molecule has 0 amide bonds. The summed E-state index contributed by atoms with van der Waals surface area (Å²) in [6.07, 6.45) is 3.34. The van der Waals surface area contributed by atoms with Crippen molar-refractivity contribution in [3.63, 3.8) is 0 Å². The fraction of sp³-hybridized carbons (Fsp3) is 0.481. The number of benzene rings is 1. The molecular weight excluding hydrogens is 435 g/mol. The summed E-state index contributed by atoms with van der Waals surface area (Å²) in [4.78, 5) is 28.2. The van der Waals surface area contributed by atoms with Crippen molar-refractivity contribution in [1.29, 1.82) is 0 Å². The Labute approximate surface area is 199 Å². The van der Waals surface area contributed by atoms with E-state index in [2.05, 4.69) is 10.2 Å². The van der Waals surface area contributed by atoms with Crippen LogP contribution in [0, 0.1) is 32.1 Å². The highest BCUT2D eigenvalue weighted by atomic mass is 19.1. The fourth-order valence-electron chi connectivity index (χ4n) is 5.00. The third-order valence-electron chi connectivity index (χ3n) is 7.46. The van der Waals surface area contributed by atoms with E-state index in [1.807, 2.05) is 32.9 Å². The topological polar surface area (TPSA) is 71.8 Å². The lowest BCUT2D eigenvalue weighted by atomic mass is 9.68. The lowest BCUT2D eigenvalue weighted by Gasteiger charge is -2.41. The first-order valence-corrected chi connectivity index (χ1v) is 11.8. The van der Waals surface area contributed by atoms with Crippen LogP contribution in [-0.2, 0) is 4.79 Å². The molecule has 7 heteroatoms. The van der Waals surface area contributed by atoms with E-state index >= 15 is 0 Å². The van der Waals surface area contributed by atoms with Crippen molar-refractivity contribution >= 4 is 16.8 Å². The number of nitrogens with zero attached hydrogens (tertiary/aromatic N) is 1. The van der Waals surface area contributed by atoms with E-state index in [1.54, 1.807) is 26.0 Å². The Kier molecular flexibility index (Phi) is 6.78. The number of carbonyl (C=O) groups is 1. The predicted molar refractivity (Wildman–Crippen MR) is 131 cm³/mol. The Morgan fingerprint density at radius 2 is 1.88 bits per heavy atom. The number of carbonyl (C=O) groups excluding carboxylic acids is 1. The summed E-state index contributed by atoms with van der Waals surface area (Å²) in [7, 11) is 0. The molecule has 1 aliphatic heterocycles. The first-order chi connectivity index (χ1) is 16.1. The predicted octanol–water partition coefficient (Wildman–Crippen LogP) is 4.01. The molecule has 1 aliphatic carbocycles. The molecule has 6 nitrogen and oxygen atoms in total. The highest BCUT2D eigenvalue weighted by Gasteiger charge is 2.44. The molecule has 1 fully saturated rings. The molecule has 0 saturated carbocycles. The number of nitrogens with one attached hydrogen (secondary N) is 1. The van der Waals surface area contributed by atoms with Crippen LogP contribution in [0.1, 0.15) is 30.5 Å². The summed E-state index contributed by atoms with van der Waals surface area (Å²) in [6.45, 7) is 12.8. The highest BCUT2D eigenvalue weighted by molar-refractivity contribution is 5.90. The van der Waals surface area contributed by atoms with Crippen LogP contribution in [0.2, 0.25) is 0 Å². The number of halogens is 1. The average molecular weight is 469 g/mol. The number of hydrogen-bond acceptors (Lipinski definition) is 6. The van der Waals surface area contributed by atoms with Crippen molar-refractivity contribution in [2.24, 2.45) is 11.3 Å². The molecule has 4 rings (SSSR count). The number of ether oxygens (including phenoxy) is 1. The van der Waals surface area contributed by atoms with E-state index in [4.69, 9.17) is 9.15 Å². The smallest absolute Gasteiger partial charge is 0.339 e.